The molecule has 16 N–H and O–H groups in total. The third-order valence-electron chi connectivity index (χ3n) is 11.6. The summed E-state index contributed by atoms with van der Waals surface area (Å²) in [6, 6.07) is 22.9. The highest BCUT2D eigenvalue weighted by Crippen LogP contribution is 2.31. The SMILES string of the molecule is CC(C)CNc1scnc1C(=O)O.Cc1ccc(N)c(N)c1.Cc1ccc(N)c(NC(=O)c2ncsc2NCC(C)C)c1.Cc1ccc(NC(=O)c2ncsc2NCC(C)C)c(N)c1.Cc1ccc2nc(-c3ncsc3NCC(C)C)[nH]c2c1. The lowest BCUT2D eigenvalue weighted by Gasteiger charge is -2.10. The monoisotopic (exact) mass is 1220 g/mol. The Morgan fingerprint density at radius 1 is 0.476 bits per heavy atom. The summed E-state index contributed by atoms with van der Waals surface area (Å²) in [6.07, 6.45) is 0. The molecule has 5 heterocycles. The minimum Gasteiger partial charge on any atom is -0.476 e. The lowest BCUT2D eigenvalue weighted by atomic mass is 10.2. The van der Waals surface area contributed by atoms with Gasteiger partial charge in [-0.2, -0.15) is 0 Å². The van der Waals surface area contributed by atoms with Gasteiger partial charge in [0.15, 0.2) is 22.9 Å². The van der Waals surface area contributed by atoms with Crippen molar-refractivity contribution in [1.29, 1.82) is 0 Å². The molecule has 0 aliphatic rings. The molecule has 5 aromatic heterocycles. The van der Waals surface area contributed by atoms with Crippen LogP contribution in [0, 0.1) is 51.4 Å². The number of benzene rings is 4. The summed E-state index contributed by atoms with van der Waals surface area (Å²) in [7, 11) is 0. The van der Waals surface area contributed by atoms with Gasteiger partial charge >= 0.3 is 5.97 Å². The van der Waals surface area contributed by atoms with E-state index in [1.165, 1.54) is 45.1 Å². The molecule has 448 valence electrons. The zero-order chi connectivity index (χ0) is 61.6. The van der Waals surface area contributed by atoms with Crippen LogP contribution in [-0.2, 0) is 0 Å². The van der Waals surface area contributed by atoms with Gasteiger partial charge in [0.1, 0.15) is 25.7 Å². The number of carbonyl (C=O) groups is 3. The van der Waals surface area contributed by atoms with Gasteiger partial charge in [0.2, 0.25) is 0 Å². The maximum atomic E-state index is 12.3. The molecule has 0 bridgehead atoms. The average Bonchev–Trinajstić information content (AvgIpc) is 3.57. The van der Waals surface area contributed by atoms with E-state index >= 15 is 0 Å². The second-order valence-electron chi connectivity index (χ2n) is 21.4. The maximum Gasteiger partial charge on any atom is 0.357 e. The smallest absolute Gasteiger partial charge is 0.357 e. The molecule has 0 atom stereocenters. The Bertz CT molecular complexity index is 3540. The van der Waals surface area contributed by atoms with Crippen LogP contribution in [-0.4, -0.2) is 79.0 Å². The van der Waals surface area contributed by atoms with E-state index in [-0.39, 0.29) is 17.5 Å². The van der Waals surface area contributed by atoms with E-state index in [4.69, 9.17) is 28.0 Å². The first-order chi connectivity index (χ1) is 39.9. The summed E-state index contributed by atoms with van der Waals surface area (Å²) < 4.78 is 0. The summed E-state index contributed by atoms with van der Waals surface area (Å²) in [6.45, 7) is 28.2. The third kappa shape index (κ3) is 21.1. The van der Waals surface area contributed by atoms with E-state index in [1.54, 1.807) is 34.5 Å². The molecule has 24 heteroatoms. The summed E-state index contributed by atoms with van der Waals surface area (Å²) in [5, 5.41) is 30.6. The number of hydrogen-bond donors (Lipinski definition) is 12. The van der Waals surface area contributed by atoms with Crippen LogP contribution in [0.25, 0.3) is 22.6 Å². The number of nitrogens with two attached hydrogens (primary N) is 4. The molecule has 20 nitrogen and oxygen atoms in total. The Labute approximate surface area is 508 Å². The highest BCUT2D eigenvalue weighted by molar-refractivity contribution is 7.15. The molecule has 0 radical (unpaired) electrons. The van der Waals surface area contributed by atoms with Crippen molar-refractivity contribution in [3.05, 3.63) is 134 Å². The predicted molar refractivity (Wildman–Crippen MR) is 356 cm³/mol. The fraction of sp³-hybridized carbons (Fsp3) is 0.333. The Morgan fingerprint density at radius 3 is 1.37 bits per heavy atom. The molecule has 0 unspecified atom stereocenters. The maximum absolute atomic E-state index is 12.3. The molecule has 4 aromatic carbocycles. The largest absolute Gasteiger partial charge is 0.476 e. The van der Waals surface area contributed by atoms with Crippen LogP contribution in [0.3, 0.4) is 0 Å². The Hall–Kier alpha value is -8.32. The van der Waals surface area contributed by atoms with E-state index in [2.05, 4.69) is 136 Å². The highest BCUT2D eigenvalue weighted by Gasteiger charge is 2.19. The molecular weight excluding hydrogens is 1140 g/mol. The van der Waals surface area contributed by atoms with Crippen molar-refractivity contribution in [1.82, 2.24) is 29.9 Å². The van der Waals surface area contributed by atoms with Gasteiger partial charge in [-0.1, -0.05) is 79.7 Å². The number of aromatic carboxylic acids is 1. The van der Waals surface area contributed by atoms with Gasteiger partial charge in [0.25, 0.3) is 11.8 Å². The van der Waals surface area contributed by atoms with Gasteiger partial charge in [-0.15, -0.1) is 45.3 Å². The predicted octanol–water partition coefficient (Wildman–Crippen LogP) is 13.8. The zero-order valence-electron chi connectivity index (χ0n) is 49.7. The zero-order valence-corrected chi connectivity index (χ0v) is 53.0. The molecular formula is C60H80N16O4S4. The molecule has 2 amide bonds. The van der Waals surface area contributed by atoms with E-state index in [0.29, 0.717) is 74.2 Å². The number of imidazole rings is 1. The summed E-state index contributed by atoms with van der Waals surface area (Å²) in [5.74, 6) is 1.43. The van der Waals surface area contributed by atoms with Gasteiger partial charge in [-0.3, -0.25) is 9.59 Å². The topological polar surface area (TPSA) is 328 Å². The molecule has 0 spiro atoms. The highest BCUT2D eigenvalue weighted by atomic mass is 32.1. The number of carboxylic acids is 1. The number of nitrogens with zero attached hydrogens (tertiary/aromatic N) is 5. The standard InChI is InChI=1S/2C15H20N4OS.C15H18N4S.C8H12N2O2S.C7H10N2/c1-9(2)7-17-15-13(18-8-21-15)14(20)19-12-5-4-10(3)6-11(12)16;1-9(2)7-17-15-13(18-8-21-15)14(20)19-12-6-10(3)4-5-11(12)16;1-9(2)7-16-15-13(17-8-20-15)14-18-11-5-4-10(3)6-12(11)19-14;1-5(2)3-9-7-6(8(11)12)10-4-13-7;1-5-2-3-6(8)7(9)4-5/h2*4-6,8-9,17H,7,16H2,1-3H3,(H,19,20);4-6,8-9,16H,7H2,1-3H3,(H,18,19);4-5,9H,3H2,1-2H3,(H,11,12);2-4H,8-9H2,1H3. The molecule has 0 aliphatic heterocycles. The van der Waals surface area contributed by atoms with E-state index in [0.717, 1.165) is 80.4 Å². The van der Waals surface area contributed by atoms with Crippen molar-refractivity contribution in [2.75, 3.05) is 81.0 Å². The van der Waals surface area contributed by atoms with E-state index in [1.807, 2.05) is 74.8 Å². The Morgan fingerprint density at radius 2 is 0.881 bits per heavy atom. The quantitative estimate of drug-likeness (QED) is 0.0355. The number of carboxylic acid groups (broad SMARTS) is 1. The molecule has 84 heavy (non-hydrogen) atoms. The fourth-order valence-electron chi connectivity index (χ4n) is 7.19. The van der Waals surface area contributed by atoms with Crippen LogP contribution in [0.1, 0.15) is 109 Å². The Balaban J connectivity index is 0.000000197. The van der Waals surface area contributed by atoms with Crippen molar-refractivity contribution >= 4 is 128 Å². The molecule has 0 fully saturated rings. The lowest BCUT2D eigenvalue weighted by Crippen LogP contribution is -2.17. The van der Waals surface area contributed by atoms with Crippen LogP contribution in [0.4, 0.5) is 54.1 Å². The first-order valence-corrected chi connectivity index (χ1v) is 30.8. The van der Waals surface area contributed by atoms with E-state index < -0.39 is 5.97 Å². The summed E-state index contributed by atoms with van der Waals surface area (Å²) in [4.78, 5) is 59.8. The molecule has 0 saturated heterocycles. The van der Waals surface area contributed by atoms with Crippen molar-refractivity contribution < 1.29 is 19.5 Å². The van der Waals surface area contributed by atoms with Crippen molar-refractivity contribution in [3.8, 4) is 11.5 Å². The van der Waals surface area contributed by atoms with Crippen LogP contribution < -0.4 is 54.8 Å². The average molecular weight is 1220 g/mol. The number of aromatic amines is 1. The lowest BCUT2D eigenvalue weighted by molar-refractivity contribution is 0.0691. The number of anilines is 10. The van der Waals surface area contributed by atoms with Gasteiger partial charge in [-0.05, 0) is 122 Å². The summed E-state index contributed by atoms with van der Waals surface area (Å²) >= 11 is 5.78. The fourth-order valence-corrected chi connectivity index (χ4v) is 9.93. The minimum atomic E-state index is -0.979. The van der Waals surface area contributed by atoms with Crippen LogP contribution in [0.15, 0.2) is 94.8 Å². The van der Waals surface area contributed by atoms with Gasteiger partial charge < -0.3 is 64.9 Å². The normalized spacial score (nSPS) is 10.7. The third-order valence-corrected chi connectivity index (χ3v) is 14.7. The second-order valence-corrected chi connectivity index (χ2v) is 24.8. The van der Waals surface area contributed by atoms with Gasteiger partial charge in [0, 0.05) is 26.2 Å². The van der Waals surface area contributed by atoms with Gasteiger partial charge in [0.05, 0.1) is 67.2 Å². The Kier molecular flexibility index (Phi) is 25.7. The van der Waals surface area contributed by atoms with E-state index in [9.17, 15) is 14.4 Å². The molecule has 9 aromatic rings. The number of rotatable bonds is 18. The second kappa shape index (κ2) is 32.5. The number of aryl methyl sites for hydroxylation is 4. The first kappa shape index (κ1) is 66.5. The number of thiazole rings is 4. The number of amides is 2. The van der Waals surface area contributed by atoms with Crippen LogP contribution in [0.5, 0.6) is 0 Å². The number of fused-ring (bicyclic) bond motifs is 1. The number of hydrogen-bond acceptors (Lipinski definition) is 20. The first-order valence-electron chi connectivity index (χ1n) is 27.2. The number of aromatic nitrogens is 6. The minimum absolute atomic E-state index is 0.116. The number of H-pyrrole nitrogens is 1. The van der Waals surface area contributed by atoms with Gasteiger partial charge in [-0.25, -0.2) is 29.7 Å². The number of nitrogens with one attached hydrogen (secondary N) is 7. The molecule has 9 rings (SSSR count). The number of carbonyl (C=O) groups excluding carboxylic acids is 2. The van der Waals surface area contributed by atoms with Crippen molar-refractivity contribution in [2.24, 2.45) is 23.7 Å². The molecule has 0 saturated carbocycles. The molecule has 0 aliphatic carbocycles. The van der Waals surface area contributed by atoms with Crippen LogP contribution in [0.2, 0.25) is 0 Å². The van der Waals surface area contributed by atoms with Crippen molar-refractivity contribution in [3.63, 3.8) is 0 Å². The number of nitrogen functional groups attached to an aromatic ring is 4. The summed E-state index contributed by atoms with van der Waals surface area (Å²) in [5.41, 5.74) is 41.4. The van der Waals surface area contributed by atoms with Crippen LogP contribution >= 0.6 is 45.3 Å². The van der Waals surface area contributed by atoms with Crippen molar-refractivity contribution in [2.45, 2.75) is 83.1 Å².